The Labute approximate surface area is 141 Å². The van der Waals surface area contributed by atoms with Crippen LogP contribution in [0.5, 0.6) is 0 Å². The van der Waals surface area contributed by atoms with Gasteiger partial charge in [0.2, 0.25) is 24.0 Å². The highest BCUT2D eigenvalue weighted by Crippen LogP contribution is 2.19. The molecule has 2 unspecified atom stereocenters. The average Bonchev–Trinajstić information content (AvgIpc) is 3.23. The first-order valence-corrected chi connectivity index (χ1v) is 8.53. The van der Waals surface area contributed by atoms with E-state index < -0.39 is 12.1 Å². The van der Waals surface area contributed by atoms with E-state index in [0.29, 0.717) is 25.9 Å². The van der Waals surface area contributed by atoms with Gasteiger partial charge in [-0.15, -0.1) is 0 Å². The fourth-order valence-corrected chi connectivity index (χ4v) is 3.35. The summed E-state index contributed by atoms with van der Waals surface area (Å²) < 4.78 is 0. The number of amides is 3. The summed E-state index contributed by atoms with van der Waals surface area (Å²) in [6.45, 7) is 1.61. The molecule has 2 aliphatic heterocycles. The first-order valence-electron chi connectivity index (χ1n) is 8.53. The Morgan fingerprint density at radius 3 is 2.42 bits per heavy atom. The third-order valence-corrected chi connectivity index (χ3v) is 4.58. The first kappa shape index (κ1) is 18.4. The maximum absolute atomic E-state index is 12.3. The van der Waals surface area contributed by atoms with Crippen LogP contribution in [-0.4, -0.2) is 72.1 Å². The van der Waals surface area contributed by atoms with Gasteiger partial charge >= 0.3 is 0 Å². The molecule has 0 bridgehead atoms. The summed E-state index contributed by atoms with van der Waals surface area (Å²) in [7, 11) is 0. The lowest BCUT2D eigenvalue weighted by Gasteiger charge is -2.24. The molecule has 1 radical (unpaired) electrons. The number of rotatable bonds is 7. The van der Waals surface area contributed by atoms with Crippen LogP contribution in [0.15, 0.2) is 0 Å². The fourth-order valence-electron chi connectivity index (χ4n) is 3.35. The SMILES string of the molecule is NCCC(=O)N1CCCC1C(=O)NCCC(=O)N1CCCC1[C]=O. The molecule has 133 valence electrons. The third-order valence-electron chi connectivity index (χ3n) is 4.58. The van der Waals surface area contributed by atoms with Crippen LogP contribution in [0.4, 0.5) is 0 Å². The zero-order valence-electron chi connectivity index (χ0n) is 13.8. The number of likely N-dealkylation sites (tertiary alicyclic amines) is 2. The van der Waals surface area contributed by atoms with Crippen LogP contribution in [0.25, 0.3) is 0 Å². The second-order valence-electron chi connectivity index (χ2n) is 6.19. The molecule has 2 rings (SSSR count). The molecule has 2 atom stereocenters. The largest absolute Gasteiger partial charge is 0.354 e. The van der Waals surface area contributed by atoms with E-state index in [0.717, 1.165) is 12.8 Å². The van der Waals surface area contributed by atoms with Crippen molar-refractivity contribution < 1.29 is 19.2 Å². The lowest BCUT2D eigenvalue weighted by atomic mass is 10.2. The number of carbonyl (C=O) groups is 3. The molecule has 0 saturated carbocycles. The summed E-state index contributed by atoms with van der Waals surface area (Å²) in [5, 5.41) is 2.73. The van der Waals surface area contributed by atoms with E-state index in [9.17, 15) is 19.2 Å². The molecule has 2 aliphatic rings. The van der Waals surface area contributed by atoms with E-state index in [1.807, 2.05) is 6.29 Å². The highest BCUT2D eigenvalue weighted by Gasteiger charge is 2.33. The van der Waals surface area contributed by atoms with Crippen LogP contribution in [0.2, 0.25) is 0 Å². The van der Waals surface area contributed by atoms with Gasteiger partial charge in [0.05, 0.1) is 6.04 Å². The predicted octanol–water partition coefficient (Wildman–Crippen LogP) is -1.07. The molecule has 8 heteroatoms. The Morgan fingerprint density at radius 2 is 1.71 bits per heavy atom. The topological polar surface area (TPSA) is 113 Å². The van der Waals surface area contributed by atoms with Gasteiger partial charge in [0.25, 0.3) is 0 Å². The number of nitrogens with two attached hydrogens (primary N) is 1. The normalized spacial score (nSPS) is 23.4. The average molecular weight is 337 g/mol. The van der Waals surface area contributed by atoms with Crippen molar-refractivity contribution in [1.29, 1.82) is 0 Å². The van der Waals surface area contributed by atoms with Gasteiger partial charge < -0.3 is 20.9 Å². The van der Waals surface area contributed by atoms with Crippen molar-refractivity contribution in [2.24, 2.45) is 5.73 Å². The maximum atomic E-state index is 12.3. The second-order valence-corrected chi connectivity index (χ2v) is 6.19. The molecule has 2 heterocycles. The quantitative estimate of drug-likeness (QED) is 0.614. The van der Waals surface area contributed by atoms with E-state index in [-0.39, 0.29) is 43.7 Å². The molecule has 8 nitrogen and oxygen atoms in total. The molecule has 24 heavy (non-hydrogen) atoms. The minimum atomic E-state index is -0.470. The number of carbonyl (C=O) groups excluding carboxylic acids is 4. The summed E-state index contributed by atoms with van der Waals surface area (Å²) in [5.41, 5.74) is 5.40. The van der Waals surface area contributed by atoms with Crippen molar-refractivity contribution in [2.45, 2.75) is 50.6 Å². The molecule has 3 N–H and O–H groups in total. The van der Waals surface area contributed by atoms with Gasteiger partial charge in [0.1, 0.15) is 6.04 Å². The molecule has 0 aliphatic carbocycles. The summed E-state index contributed by atoms with van der Waals surface area (Å²) in [4.78, 5) is 50.2. The Kier molecular flexibility index (Phi) is 6.72. The Hall–Kier alpha value is -1.96. The summed E-state index contributed by atoms with van der Waals surface area (Å²) in [5.74, 6) is -0.484. The fraction of sp³-hybridized carbons (Fsp3) is 0.750. The van der Waals surface area contributed by atoms with Crippen molar-refractivity contribution in [3.63, 3.8) is 0 Å². The summed E-state index contributed by atoms with van der Waals surface area (Å²) in [6, 6.07) is -0.922. The van der Waals surface area contributed by atoms with Gasteiger partial charge in [0.15, 0.2) is 0 Å². The number of nitrogens with one attached hydrogen (secondary N) is 1. The number of hydrogen-bond donors (Lipinski definition) is 2. The molecule has 0 aromatic rings. The van der Waals surface area contributed by atoms with Crippen LogP contribution in [0.1, 0.15) is 38.5 Å². The third kappa shape index (κ3) is 4.31. The van der Waals surface area contributed by atoms with Gasteiger partial charge in [-0.1, -0.05) is 0 Å². The van der Waals surface area contributed by atoms with Crippen molar-refractivity contribution >= 4 is 24.0 Å². The Morgan fingerprint density at radius 1 is 1.04 bits per heavy atom. The lowest BCUT2D eigenvalue weighted by molar-refractivity contribution is -0.138. The summed E-state index contributed by atoms with van der Waals surface area (Å²) in [6.07, 6.45) is 5.14. The van der Waals surface area contributed by atoms with E-state index in [2.05, 4.69) is 5.32 Å². The van der Waals surface area contributed by atoms with Gasteiger partial charge in [-0.3, -0.25) is 19.2 Å². The molecule has 0 aromatic carbocycles. The van der Waals surface area contributed by atoms with E-state index in [1.54, 1.807) is 4.90 Å². The van der Waals surface area contributed by atoms with Crippen molar-refractivity contribution in [3.05, 3.63) is 0 Å². The van der Waals surface area contributed by atoms with E-state index in [1.165, 1.54) is 4.90 Å². The van der Waals surface area contributed by atoms with Crippen LogP contribution in [-0.2, 0) is 19.2 Å². The van der Waals surface area contributed by atoms with Crippen molar-refractivity contribution in [2.75, 3.05) is 26.2 Å². The second kappa shape index (κ2) is 8.77. The highest BCUT2D eigenvalue weighted by atomic mass is 16.2. The Balaban J connectivity index is 1.77. The number of nitrogens with zero attached hydrogens (tertiary/aromatic N) is 2. The molecular weight excluding hydrogens is 312 g/mol. The standard InChI is InChI=1S/C16H25N4O4/c17-7-5-14(22)20-10-2-4-13(20)16(24)18-8-6-15(23)19-9-1-3-12(19)11-21/h12-13H,1-10,17H2,(H,18,24). The van der Waals surface area contributed by atoms with Gasteiger partial charge in [0, 0.05) is 39.0 Å². The summed E-state index contributed by atoms with van der Waals surface area (Å²) >= 11 is 0. The van der Waals surface area contributed by atoms with Gasteiger partial charge in [-0.25, -0.2) is 0 Å². The van der Waals surface area contributed by atoms with Crippen LogP contribution in [0, 0.1) is 0 Å². The highest BCUT2D eigenvalue weighted by molar-refractivity contribution is 5.88. The zero-order chi connectivity index (χ0) is 17.5. The molecular formula is C16H25N4O4. The smallest absolute Gasteiger partial charge is 0.242 e. The van der Waals surface area contributed by atoms with Crippen LogP contribution in [0.3, 0.4) is 0 Å². The molecule has 3 amide bonds. The maximum Gasteiger partial charge on any atom is 0.242 e. The van der Waals surface area contributed by atoms with E-state index >= 15 is 0 Å². The van der Waals surface area contributed by atoms with Crippen LogP contribution >= 0.6 is 0 Å². The van der Waals surface area contributed by atoms with E-state index in [4.69, 9.17) is 5.73 Å². The van der Waals surface area contributed by atoms with Crippen molar-refractivity contribution in [3.8, 4) is 0 Å². The molecule has 2 saturated heterocycles. The lowest BCUT2D eigenvalue weighted by Crippen LogP contribution is -2.47. The number of hydrogen-bond acceptors (Lipinski definition) is 5. The first-order chi connectivity index (χ1) is 11.6. The molecule has 0 spiro atoms. The molecule has 2 fully saturated rings. The van der Waals surface area contributed by atoms with Crippen LogP contribution < -0.4 is 11.1 Å². The van der Waals surface area contributed by atoms with Crippen molar-refractivity contribution in [1.82, 2.24) is 15.1 Å². The zero-order valence-corrected chi connectivity index (χ0v) is 13.8. The Bertz CT molecular complexity index is 496. The molecule has 0 aromatic heterocycles. The monoisotopic (exact) mass is 337 g/mol. The van der Waals surface area contributed by atoms with Gasteiger partial charge in [-0.05, 0) is 25.7 Å². The predicted molar refractivity (Wildman–Crippen MR) is 86.5 cm³/mol. The minimum Gasteiger partial charge on any atom is -0.354 e. The minimum absolute atomic E-state index is 0.104. The van der Waals surface area contributed by atoms with Gasteiger partial charge in [-0.2, -0.15) is 0 Å².